The summed E-state index contributed by atoms with van der Waals surface area (Å²) in [7, 11) is 0. The van der Waals surface area contributed by atoms with Crippen LogP contribution in [0.5, 0.6) is 0 Å². The fraction of sp³-hybridized carbons (Fsp3) is 0.611. The van der Waals surface area contributed by atoms with E-state index in [0.717, 1.165) is 12.1 Å². The van der Waals surface area contributed by atoms with Crippen LogP contribution in [0.3, 0.4) is 0 Å². The second-order valence-electron chi connectivity index (χ2n) is 6.81. The number of nitrogens with one attached hydrogen (secondary N) is 1. The topological polar surface area (TPSA) is 25.5 Å². The van der Waals surface area contributed by atoms with Gasteiger partial charge in [0.25, 0.3) is 0 Å². The quantitative estimate of drug-likeness (QED) is 0.930. The molecule has 4 heteroatoms. The molecule has 0 amide bonds. The molecule has 3 heterocycles. The lowest BCUT2D eigenvalue weighted by Gasteiger charge is -2.25. The molecule has 0 atom stereocenters. The average molecular weight is 299 g/mol. The number of imidazole rings is 1. The van der Waals surface area contributed by atoms with Crippen LogP contribution in [-0.2, 0) is 6.54 Å². The van der Waals surface area contributed by atoms with Gasteiger partial charge in [-0.05, 0) is 44.2 Å². The standard InChI is InChI=1S/C18H26N4/c1-4-10-20(11-5-1)14-15-22-17-9-3-2-8-16(17)19-18(22)21-12-6-7-13-21/h2-3,8-9H,1,4-7,10-15H2/p+1. The van der Waals surface area contributed by atoms with E-state index in [1.165, 1.54) is 76.3 Å². The molecule has 4 rings (SSSR count). The summed E-state index contributed by atoms with van der Waals surface area (Å²) in [6.07, 6.45) is 6.84. The number of rotatable bonds is 4. The third-order valence-electron chi connectivity index (χ3n) is 5.27. The monoisotopic (exact) mass is 299 g/mol. The molecule has 2 aliphatic rings. The average Bonchev–Trinajstić information content (AvgIpc) is 3.21. The van der Waals surface area contributed by atoms with Crippen molar-refractivity contribution >= 4 is 17.0 Å². The zero-order valence-electron chi connectivity index (χ0n) is 13.4. The molecule has 0 unspecified atom stereocenters. The van der Waals surface area contributed by atoms with E-state index in [0.29, 0.717) is 0 Å². The van der Waals surface area contributed by atoms with Crippen LogP contribution in [0.15, 0.2) is 24.3 Å². The Morgan fingerprint density at radius 2 is 1.73 bits per heavy atom. The maximum absolute atomic E-state index is 4.94. The molecule has 118 valence electrons. The molecule has 1 aromatic heterocycles. The van der Waals surface area contributed by atoms with Gasteiger partial charge in [-0.2, -0.15) is 0 Å². The van der Waals surface area contributed by atoms with Crippen LogP contribution in [-0.4, -0.2) is 42.3 Å². The number of nitrogens with zero attached hydrogens (tertiary/aromatic N) is 3. The first kappa shape index (κ1) is 14.1. The van der Waals surface area contributed by atoms with Gasteiger partial charge in [-0.3, -0.25) is 0 Å². The minimum absolute atomic E-state index is 1.10. The maximum atomic E-state index is 4.94. The van der Waals surface area contributed by atoms with Gasteiger partial charge < -0.3 is 14.4 Å². The second kappa shape index (κ2) is 6.29. The van der Waals surface area contributed by atoms with Crippen LogP contribution in [0.25, 0.3) is 11.0 Å². The number of piperidine rings is 1. The Kier molecular flexibility index (Phi) is 4.02. The molecule has 0 saturated carbocycles. The number of anilines is 1. The Hall–Kier alpha value is -1.55. The van der Waals surface area contributed by atoms with E-state index < -0.39 is 0 Å². The summed E-state index contributed by atoms with van der Waals surface area (Å²) in [4.78, 5) is 9.19. The number of hydrogen-bond donors (Lipinski definition) is 1. The lowest BCUT2D eigenvalue weighted by molar-refractivity contribution is -0.905. The van der Waals surface area contributed by atoms with Gasteiger partial charge in [-0.25, -0.2) is 4.98 Å². The van der Waals surface area contributed by atoms with E-state index in [1.807, 2.05) is 0 Å². The predicted octanol–water partition coefficient (Wildman–Crippen LogP) is 1.71. The van der Waals surface area contributed by atoms with Gasteiger partial charge in [0.15, 0.2) is 0 Å². The van der Waals surface area contributed by atoms with Crippen molar-refractivity contribution < 1.29 is 4.90 Å². The number of likely N-dealkylation sites (tertiary alicyclic amines) is 1. The van der Waals surface area contributed by atoms with E-state index in [2.05, 4.69) is 33.7 Å². The first-order valence-electron chi connectivity index (χ1n) is 8.95. The number of para-hydroxylation sites is 2. The smallest absolute Gasteiger partial charge is 0.206 e. The number of hydrogen-bond acceptors (Lipinski definition) is 2. The van der Waals surface area contributed by atoms with Crippen LogP contribution >= 0.6 is 0 Å². The molecule has 2 fully saturated rings. The van der Waals surface area contributed by atoms with E-state index in [4.69, 9.17) is 4.98 Å². The lowest BCUT2D eigenvalue weighted by atomic mass is 10.1. The van der Waals surface area contributed by atoms with Gasteiger partial charge in [-0.15, -0.1) is 0 Å². The zero-order valence-corrected chi connectivity index (χ0v) is 13.4. The predicted molar refractivity (Wildman–Crippen MR) is 90.6 cm³/mol. The minimum atomic E-state index is 1.10. The zero-order chi connectivity index (χ0) is 14.8. The fourth-order valence-electron chi connectivity index (χ4n) is 4.01. The Labute approximate surface area is 132 Å². The van der Waals surface area contributed by atoms with Crippen molar-refractivity contribution in [2.45, 2.75) is 38.6 Å². The highest BCUT2D eigenvalue weighted by atomic mass is 15.3. The van der Waals surface area contributed by atoms with E-state index in [9.17, 15) is 0 Å². The summed E-state index contributed by atoms with van der Waals surface area (Å²) in [5.41, 5.74) is 2.46. The first-order chi connectivity index (χ1) is 10.9. The summed E-state index contributed by atoms with van der Waals surface area (Å²) in [6.45, 7) is 7.38. The highest BCUT2D eigenvalue weighted by molar-refractivity contribution is 5.78. The molecule has 0 bridgehead atoms. The first-order valence-corrected chi connectivity index (χ1v) is 8.95. The van der Waals surface area contributed by atoms with Crippen molar-refractivity contribution in [2.24, 2.45) is 0 Å². The molecule has 2 aromatic rings. The van der Waals surface area contributed by atoms with E-state index >= 15 is 0 Å². The van der Waals surface area contributed by atoms with Crippen LogP contribution in [0.1, 0.15) is 32.1 Å². The molecule has 2 saturated heterocycles. The summed E-state index contributed by atoms with van der Waals surface area (Å²) < 4.78 is 2.47. The highest BCUT2D eigenvalue weighted by Gasteiger charge is 2.21. The molecule has 4 nitrogen and oxygen atoms in total. The van der Waals surface area contributed by atoms with Crippen molar-refractivity contribution in [1.82, 2.24) is 9.55 Å². The molecule has 2 aliphatic heterocycles. The van der Waals surface area contributed by atoms with Crippen molar-refractivity contribution in [3.63, 3.8) is 0 Å². The van der Waals surface area contributed by atoms with Crippen LogP contribution < -0.4 is 9.80 Å². The largest absolute Gasteiger partial charge is 0.342 e. The maximum Gasteiger partial charge on any atom is 0.206 e. The van der Waals surface area contributed by atoms with Gasteiger partial charge in [0.05, 0.1) is 37.2 Å². The molecular formula is C18H27N4+. The highest BCUT2D eigenvalue weighted by Crippen LogP contribution is 2.25. The fourth-order valence-corrected chi connectivity index (χ4v) is 4.01. The third kappa shape index (κ3) is 2.72. The van der Waals surface area contributed by atoms with Crippen molar-refractivity contribution in [2.75, 3.05) is 37.6 Å². The van der Waals surface area contributed by atoms with E-state index in [-0.39, 0.29) is 0 Å². The van der Waals surface area contributed by atoms with Gasteiger partial charge in [0.1, 0.15) is 0 Å². The molecule has 0 aliphatic carbocycles. The molecule has 1 aromatic carbocycles. The molecule has 1 N–H and O–H groups in total. The summed E-state index contributed by atoms with van der Waals surface area (Å²) in [5.74, 6) is 1.20. The Morgan fingerprint density at radius 1 is 0.955 bits per heavy atom. The summed E-state index contributed by atoms with van der Waals surface area (Å²) in [5, 5.41) is 0. The number of quaternary nitrogens is 1. The minimum Gasteiger partial charge on any atom is -0.342 e. The van der Waals surface area contributed by atoms with Gasteiger partial charge in [0.2, 0.25) is 5.95 Å². The Bertz CT molecular complexity index is 621. The number of aromatic nitrogens is 2. The molecule has 0 spiro atoms. The second-order valence-corrected chi connectivity index (χ2v) is 6.81. The lowest BCUT2D eigenvalue weighted by Crippen LogP contribution is -3.13. The Morgan fingerprint density at radius 3 is 2.55 bits per heavy atom. The summed E-state index contributed by atoms with van der Waals surface area (Å²) >= 11 is 0. The van der Waals surface area contributed by atoms with Crippen molar-refractivity contribution in [3.05, 3.63) is 24.3 Å². The van der Waals surface area contributed by atoms with Crippen LogP contribution in [0.4, 0.5) is 5.95 Å². The molecular weight excluding hydrogens is 272 g/mol. The van der Waals surface area contributed by atoms with Gasteiger partial charge in [-0.1, -0.05) is 12.1 Å². The molecule has 22 heavy (non-hydrogen) atoms. The SMILES string of the molecule is c1ccc2c(c1)nc(N1CCCC1)n2CC[NH+]1CCCCC1. The number of benzene rings is 1. The molecule has 0 radical (unpaired) electrons. The van der Waals surface area contributed by atoms with Crippen LogP contribution in [0, 0.1) is 0 Å². The van der Waals surface area contributed by atoms with E-state index in [1.54, 1.807) is 4.90 Å². The van der Waals surface area contributed by atoms with Crippen molar-refractivity contribution in [3.8, 4) is 0 Å². The third-order valence-corrected chi connectivity index (χ3v) is 5.27. The Balaban J connectivity index is 1.60. The van der Waals surface area contributed by atoms with Gasteiger partial charge in [0, 0.05) is 13.1 Å². The summed E-state index contributed by atoms with van der Waals surface area (Å²) in [6, 6.07) is 8.62. The van der Waals surface area contributed by atoms with Gasteiger partial charge >= 0.3 is 0 Å². The normalized spacial score (nSPS) is 20.1. The van der Waals surface area contributed by atoms with Crippen molar-refractivity contribution in [1.29, 1.82) is 0 Å². The number of fused-ring (bicyclic) bond motifs is 1. The van der Waals surface area contributed by atoms with Crippen LogP contribution in [0.2, 0.25) is 0 Å².